The fourth-order valence-electron chi connectivity index (χ4n) is 2.71. The molecule has 0 bridgehead atoms. The van der Waals surface area contributed by atoms with Crippen molar-refractivity contribution in [2.45, 2.75) is 91.9 Å². The number of carbonyl (C=O) groups excluding carboxylic acids is 3. The van der Waals surface area contributed by atoms with Crippen LogP contribution in [0.2, 0.25) is 0 Å². The number of hydrogen-bond acceptors (Lipinski definition) is 6. The Labute approximate surface area is 185 Å². The van der Waals surface area contributed by atoms with Crippen LogP contribution in [0.3, 0.4) is 0 Å². The van der Waals surface area contributed by atoms with Gasteiger partial charge in [0.25, 0.3) is 0 Å². The monoisotopic (exact) mass is 435 g/mol. The number of nitrogens with zero attached hydrogens (tertiary/aromatic N) is 2. The summed E-state index contributed by atoms with van der Waals surface area (Å²) in [5.74, 6) is 0.179. The number of anilines is 1. The van der Waals surface area contributed by atoms with Gasteiger partial charge in [0, 0.05) is 25.2 Å². The molecule has 174 valence electrons. The summed E-state index contributed by atoms with van der Waals surface area (Å²) < 4.78 is 10.7. The third-order valence-corrected chi connectivity index (χ3v) is 3.92. The molecular formula is C23H37N3O5. The highest BCUT2D eigenvalue weighted by molar-refractivity contribution is 6.03. The largest absolute Gasteiger partial charge is 0.444 e. The van der Waals surface area contributed by atoms with Crippen molar-refractivity contribution in [2.24, 2.45) is 0 Å². The molecule has 1 aromatic heterocycles. The molecule has 0 atom stereocenters. The van der Waals surface area contributed by atoms with Crippen molar-refractivity contribution in [3.63, 3.8) is 0 Å². The highest BCUT2D eigenvalue weighted by Gasteiger charge is 2.29. The van der Waals surface area contributed by atoms with E-state index in [0.717, 1.165) is 0 Å². The molecule has 0 aromatic carbocycles. The van der Waals surface area contributed by atoms with Crippen molar-refractivity contribution in [3.05, 3.63) is 23.9 Å². The Morgan fingerprint density at radius 1 is 1.03 bits per heavy atom. The molecule has 0 unspecified atom stereocenters. The molecule has 0 spiro atoms. The molecule has 2 amide bonds. The van der Waals surface area contributed by atoms with E-state index in [9.17, 15) is 14.4 Å². The summed E-state index contributed by atoms with van der Waals surface area (Å²) in [7, 11) is 0. The van der Waals surface area contributed by atoms with Crippen LogP contribution in [0.5, 0.6) is 0 Å². The minimum Gasteiger partial charge on any atom is -0.444 e. The van der Waals surface area contributed by atoms with E-state index >= 15 is 0 Å². The molecule has 0 aliphatic heterocycles. The Morgan fingerprint density at radius 2 is 1.65 bits per heavy atom. The van der Waals surface area contributed by atoms with Crippen molar-refractivity contribution in [1.29, 1.82) is 0 Å². The number of pyridine rings is 1. The molecule has 0 aliphatic carbocycles. The Bertz CT molecular complexity index is 763. The van der Waals surface area contributed by atoms with Gasteiger partial charge in [-0.05, 0) is 80.4 Å². The third kappa shape index (κ3) is 9.81. The smallest absolute Gasteiger partial charge is 0.416 e. The summed E-state index contributed by atoms with van der Waals surface area (Å²) >= 11 is 0. The molecule has 0 fully saturated rings. The molecule has 31 heavy (non-hydrogen) atoms. The van der Waals surface area contributed by atoms with E-state index in [-0.39, 0.29) is 18.2 Å². The number of nitrogens with one attached hydrogen (secondary N) is 1. The van der Waals surface area contributed by atoms with Crippen molar-refractivity contribution in [1.82, 2.24) is 10.3 Å². The van der Waals surface area contributed by atoms with Crippen molar-refractivity contribution < 1.29 is 23.9 Å². The van der Waals surface area contributed by atoms with Crippen molar-refractivity contribution in [3.8, 4) is 0 Å². The highest BCUT2D eigenvalue weighted by atomic mass is 16.6. The zero-order valence-corrected chi connectivity index (χ0v) is 20.1. The number of carbonyl (C=O) groups is 3. The predicted octanol–water partition coefficient (Wildman–Crippen LogP) is 5.11. The lowest BCUT2D eigenvalue weighted by Gasteiger charge is -2.30. The minimum atomic E-state index is -0.662. The fraction of sp³-hybridized carbons (Fsp3) is 0.652. The molecule has 0 radical (unpaired) electrons. The molecule has 8 nitrogen and oxygen atoms in total. The lowest BCUT2D eigenvalue weighted by atomic mass is 10.1. The summed E-state index contributed by atoms with van der Waals surface area (Å²) in [6.45, 7) is 14.9. The average Bonchev–Trinajstić information content (AvgIpc) is 2.58. The standard InChI is InChI=1S/C23H37N3O5/c1-16(2)26(21(29)31-23(6,7)8)19-17(12-11-15-24-19)18(27)13-9-10-14-25-20(28)30-22(3,4)5/h11-12,15-16H,9-10,13-14H2,1-8H3,(H,25,28). The Morgan fingerprint density at radius 3 is 2.19 bits per heavy atom. The number of rotatable bonds is 8. The number of Topliss-reactive ketones (excluding diaryl/α,β-unsaturated/α-hetero) is 1. The summed E-state index contributed by atoms with van der Waals surface area (Å²) in [5.41, 5.74) is -0.834. The van der Waals surface area contributed by atoms with E-state index in [0.29, 0.717) is 30.8 Å². The van der Waals surface area contributed by atoms with Crippen LogP contribution in [0, 0.1) is 0 Å². The second-order valence-electron chi connectivity index (χ2n) is 9.63. The number of unbranched alkanes of at least 4 members (excludes halogenated alkanes) is 1. The lowest BCUT2D eigenvalue weighted by molar-refractivity contribution is 0.0524. The molecule has 8 heteroatoms. The first kappa shape index (κ1) is 26.4. The number of ketones is 1. The van der Waals surface area contributed by atoms with E-state index < -0.39 is 23.4 Å². The van der Waals surface area contributed by atoms with Gasteiger partial charge in [-0.15, -0.1) is 0 Å². The number of aromatic nitrogens is 1. The van der Waals surface area contributed by atoms with Crippen LogP contribution in [0.1, 0.15) is 85.0 Å². The summed E-state index contributed by atoms with van der Waals surface area (Å²) in [5, 5.41) is 2.68. The van der Waals surface area contributed by atoms with Gasteiger partial charge in [0.1, 0.15) is 17.0 Å². The van der Waals surface area contributed by atoms with Gasteiger partial charge in [0.15, 0.2) is 5.78 Å². The van der Waals surface area contributed by atoms with Gasteiger partial charge in [-0.1, -0.05) is 0 Å². The number of ether oxygens (including phenoxy) is 2. The van der Waals surface area contributed by atoms with Gasteiger partial charge in [-0.2, -0.15) is 0 Å². The highest BCUT2D eigenvalue weighted by Crippen LogP contribution is 2.24. The first-order valence-corrected chi connectivity index (χ1v) is 10.7. The van der Waals surface area contributed by atoms with E-state index in [2.05, 4.69) is 10.3 Å². The van der Waals surface area contributed by atoms with Crippen LogP contribution in [0.15, 0.2) is 18.3 Å². The van der Waals surface area contributed by atoms with Crippen LogP contribution in [-0.4, -0.2) is 46.7 Å². The van der Waals surface area contributed by atoms with E-state index in [1.807, 2.05) is 13.8 Å². The number of amides is 2. The second kappa shape index (κ2) is 11.1. The molecule has 1 N–H and O–H groups in total. The second-order valence-corrected chi connectivity index (χ2v) is 9.63. The Hall–Kier alpha value is -2.64. The van der Waals surface area contributed by atoms with Gasteiger partial charge in [0.2, 0.25) is 0 Å². The molecule has 0 saturated heterocycles. The maximum Gasteiger partial charge on any atom is 0.416 e. The minimum absolute atomic E-state index is 0.116. The van der Waals surface area contributed by atoms with Gasteiger partial charge < -0.3 is 14.8 Å². The molecule has 0 saturated carbocycles. The molecule has 1 aromatic rings. The third-order valence-electron chi connectivity index (χ3n) is 3.92. The topological polar surface area (TPSA) is 97.8 Å². The number of hydrogen-bond donors (Lipinski definition) is 1. The maximum absolute atomic E-state index is 12.9. The molecular weight excluding hydrogens is 398 g/mol. The Kier molecular flexibility index (Phi) is 9.46. The zero-order chi connectivity index (χ0) is 23.8. The maximum atomic E-state index is 12.9. The summed E-state index contributed by atoms with van der Waals surface area (Å²) in [4.78, 5) is 43.0. The van der Waals surface area contributed by atoms with Gasteiger partial charge in [-0.3, -0.25) is 9.69 Å². The normalized spacial score (nSPS) is 11.8. The van der Waals surface area contributed by atoms with E-state index in [1.54, 1.807) is 59.9 Å². The first-order chi connectivity index (χ1) is 14.2. The van der Waals surface area contributed by atoms with Crippen LogP contribution in [0.25, 0.3) is 0 Å². The first-order valence-electron chi connectivity index (χ1n) is 10.7. The average molecular weight is 436 g/mol. The molecule has 1 heterocycles. The van der Waals surface area contributed by atoms with E-state index in [1.165, 1.54) is 4.90 Å². The van der Waals surface area contributed by atoms with Gasteiger partial charge in [-0.25, -0.2) is 14.6 Å². The van der Waals surface area contributed by atoms with E-state index in [4.69, 9.17) is 9.47 Å². The zero-order valence-electron chi connectivity index (χ0n) is 20.1. The molecule has 1 rings (SSSR count). The van der Waals surface area contributed by atoms with Gasteiger partial charge >= 0.3 is 12.2 Å². The lowest BCUT2D eigenvalue weighted by Crippen LogP contribution is -2.42. The Balaban J connectivity index is 2.76. The van der Waals surface area contributed by atoms with Crippen molar-refractivity contribution >= 4 is 23.8 Å². The van der Waals surface area contributed by atoms with Crippen LogP contribution in [0.4, 0.5) is 15.4 Å². The quantitative estimate of drug-likeness (QED) is 0.450. The van der Waals surface area contributed by atoms with Crippen LogP contribution < -0.4 is 10.2 Å². The van der Waals surface area contributed by atoms with Crippen LogP contribution in [-0.2, 0) is 9.47 Å². The summed E-state index contributed by atoms with van der Waals surface area (Å²) in [6.07, 6.45) is 2.01. The van der Waals surface area contributed by atoms with Crippen molar-refractivity contribution in [2.75, 3.05) is 11.4 Å². The number of alkyl carbamates (subject to hydrolysis) is 1. The van der Waals surface area contributed by atoms with Crippen LogP contribution >= 0.6 is 0 Å². The fourth-order valence-corrected chi connectivity index (χ4v) is 2.71. The predicted molar refractivity (Wildman–Crippen MR) is 121 cm³/mol. The SMILES string of the molecule is CC(C)N(C(=O)OC(C)(C)C)c1ncccc1C(=O)CCCCNC(=O)OC(C)(C)C. The van der Waals surface area contributed by atoms with Gasteiger partial charge in [0.05, 0.1) is 5.56 Å². The summed E-state index contributed by atoms with van der Waals surface area (Å²) in [6, 6.07) is 3.10. The molecule has 0 aliphatic rings.